The number of rotatable bonds is 5. The van der Waals surface area contributed by atoms with Gasteiger partial charge >= 0.3 is 0 Å². The molecule has 3 nitrogen and oxygen atoms in total. The van der Waals surface area contributed by atoms with Gasteiger partial charge in [0.1, 0.15) is 5.75 Å². The summed E-state index contributed by atoms with van der Waals surface area (Å²) in [5, 5.41) is 0. The lowest BCUT2D eigenvalue weighted by molar-refractivity contribution is 0.183. The second-order valence-corrected chi connectivity index (χ2v) is 3.73. The molecule has 0 N–H and O–H groups in total. The molecule has 0 radical (unpaired) electrons. The van der Waals surface area contributed by atoms with Crippen LogP contribution in [0.3, 0.4) is 0 Å². The molecule has 0 saturated heterocycles. The van der Waals surface area contributed by atoms with Crippen LogP contribution in [0.1, 0.15) is 16.8 Å². The largest absolute Gasteiger partial charge is 0.495 e. The normalized spacial score (nSPS) is 10.4. The van der Waals surface area contributed by atoms with Crippen LogP contribution in [0.2, 0.25) is 0 Å². The van der Waals surface area contributed by atoms with Crippen molar-refractivity contribution in [1.29, 1.82) is 0 Å². The van der Waals surface area contributed by atoms with Crippen LogP contribution in [0.5, 0.6) is 5.75 Å². The van der Waals surface area contributed by atoms with E-state index in [1.165, 1.54) is 0 Å². The number of hydrogen-bond donors (Lipinski definition) is 1. The first kappa shape index (κ1) is 12.3. The molecule has 0 spiro atoms. The minimum absolute atomic E-state index is 0.562. The molecule has 1 rings (SSSR count). The summed E-state index contributed by atoms with van der Waals surface area (Å²) in [6.45, 7) is 2.50. The van der Waals surface area contributed by atoms with E-state index in [0.29, 0.717) is 6.61 Å². The lowest BCUT2D eigenvalue weighted by Gasteiger charge is -2.14. The van der Waals surface area contributed by atoms with Crippen LogP contribution in [0.4, 0.5) is 0 Å². The third kappa shape index (κ3) is 2.86. The zero-order chi connectivity index (χ0) is 11.3. The van der Waals surface area contributed by atoms with E-state index < -0.39 is 0 Å². The van der Waals surface area contributed by atoms with Gasteiger partial charge in [-0.3, -0.25) is 4.98 Å². The van der Waals surface area contributed by atoms with Crippen LogP contribution in [0.15, 0.2) is 6.20 Å². The van der Waals surface area contributed by atoms with Crippen molar-refractivity contribution in [3.8, 4) is 5.75 Å². The molecular formula is C11H17NO2S. The van der Waals surface area contributed by atoms with Gasteiger partial charge in [-0.15, -0.1) is 0 Å². The molecule has 4 heteroatoms. The lowest BCUT2D eigenvalue weighted by atomic mass is 10.1. The van der Waals surface area contributed by atoms with Crippen LogP contribution >= 0.6 is 12.6 Å². The highest BCUT2D eigenvalue weighted by molar-refractivity contribution is 7.80. The van der Waals surface area contributed by atoms with Gasteiger partial charge in [0.25, 0.3) is 0 Å². The van der Waals surface area contributed by atoms with Crippen LogP contribution < -0.4 is 4.74 Å². The van der Waals surface area contributed by atoms with Crippen LogP contribution in [-0.4, -0.2) is 25.0 Å². The molecule has 0 atom stereocenters. The molecular weight excluding hydrogens is 210 g/mol. The molecule has 84 valence electrons. The third-order valence-electron chi connectivity index (χ3n) is 2.27. The Morgan fingerprint density at radius 1 is 1.40 bits per heavy atom. The quantitative estimate of drug-likeness (QED) is 0.781. The summed E-state index contributed by atoms with van der Waals surface area (Å²) >= 11 is 4.25. The zero-order valence-electron chi connectivity index (χ0n) is 9.41. The van der Waals surface area contributed by atoms with Crippen molar-refractivity contribution < 1.29 is 9.47 Å². The zero-order valence-corrected chi connectivity index (χ0v) is 10.3. The van der Waals surface area contributed by atoms with Gasteiger partial charge in [0.05, 0.1) is 19.4 Å². The number of nitrogens with zero attached hydrogens (tertiary/aromatic N) is 1. The lowest BCUT2D eigenvalue weighted by Crippen LogP contribution is -2.04. The van der Waals surface area contributed by atoms with Crippen molar-refractivity contribution in [1.82, 2.24) is 4.98 Å². The molecule has 0 aromatic carbocycles. The minimum atomic E-state index is 0.562. The number of pyridine rings is 1. The summed E-state index contributed by atoms with van der Waals surface area (Å²) in [4.78, 5) is 4.28. The smallest absolute Gasteiger partial charge is 0.143 e. The minimum Gasteiger partial charge on any atom is -0.495 e. The Morgan fingerprint density at radius 2 is 2.13 bits per heavy atom. The summed E-state index contributed by atoms with van der Waals surface area (Å²) < 4.78 is 10.5. The van der Waals surface area contributed by atoms with E-state index in [1.807, 2.05) is 13.1 Å². The van der Waals surface area contributed by atoms with Gasteiger partial charge in [0.2, 0.25) is 0 Å². The molecule has 0 aliphatic rings. The van der Waals surface area contributed by atoms with Crippen LogP contribution in [0.25, 0.3) is 0 Å². The van der Waals surface area contributed by atoms with Crippen molar-refractivity contribution in [2.45, 2.75) is 20.0 Å². The maximum absolute atomic E-state index is 5.36. The van der Waals surface area contributed by atoms with Crippen molar-refractivity contribution in [3.05, 3.63) is 23.0 Å². The monoisotopic (exact) mass is 227 g/mol. The van der Waals surface area contributed by atoms with E-state index in [9.17, 15) is 0 Å². The highest BCUT2D eigenvalue weighted by atomic mass is 32.1. The summed E-state index contributed by atoms with van der Waals surface area (Å²) in [5.41, 5.74) is 3.14. The summed E-state index contributed by atoms with van der Waals surface area (Å²) in [6, 6.07) is 0. The Labute approximate surface area is 96.2 Å². The number of thiol groups is 1. The summed E-state index contributed by atoms with van der Waals surface area (Å²) in [7, 11) is 3.35. The second kappa shape index (κ2) is 5.98. The molecule has 15 heavy (non-hydrogen) atoms. The molecule has 0 bridgehead atoms. The SMILES string of the molecule is COCc1cnc(C)c(OC)c1CCS. The van der Waals surface area contributed by atoms with Crippen molar-refractivity contribution >= 4 is 12.6 Å². The van der Waals surface area contributed by atoms with E-state index in [4.69, 9.17) is 9.47 Å². The van der Waals surface area contributed by atoms with Crippen molar-refractivity contribution in [2.75, 3.05) is 20.0 Å². The Bertz CT molecular complexity index is 329. The molecule has 0 fully saturated rings. The van der Waals surface area contributed by atoms with E-state index in [2.05, 4.69) is 17.6 Å². The van der Waals surface area contributed by atoms with E-state index in [1.54, 1.807) is 14.2 Å². The highest BCUT2D eigenvalue weighted by Gasteiger charge is 2.12. The van der Waals surface area contributed by atoms with E-state index in [-0.39, 0.29) is 0 Å². The van der Waals surface area contributed by atoms with Crippen molar-refractivity contribution in [2.24, 2.45) is 0 Å². The first-order valence-corrected chi connectivity index (χ1v) is 5.49. The van der Waals surface area contributed by atoms with Crippen LogP contribution in [-0.2, 0) is 17.8 Å². The molecule has 0 aliphatic heterocycles. The summed E-state index contributed by atoms with van der Waals surface area (Å²) in [5.74, 6) is 1.65. The molecule has 0 unspecified atom stereocenters. The van der Waals surface area contributed by atoms with Gasteiger partial charge in [0.15, 0.2) is 0 Å². The Kier molecular flexibility index (Phi) is 4.91. The number of aromatic nitrogens is 1. The van der Waals surface area contributed by atoms with Gasteiger partial charge in [-0.2, -0.15) is 12.6 Å². The maximum atomic E-state index is 5.36. The molecule has 0 aliphatic carbocycles. The van der Waals surface area contributed by atoms with Gasteiger partial charge in [-0.1, -0.05) is 0 Å². The Balaban J connectivity index is 3.15. The maximum Gasteiger partial charge on any atom is 0.143 e. The first-order chi connectivity index (χ1) is 7.24. The number of aryl methyl sites for hydroxylation is 1. The fourth-order valence-electron chi connectivity index (χ4n) is 1.61. The molecule has 1 aromatic rings. The average molecular weight is 227 g/mol. The predicted octanol–water partition coefficient (Wildman–Crippen LogP) is 2.02. The van der Waals surface area contributed by atoms with E-state index in [0.717, 1.165) is 34.7 Å². The predicted molar refractivity (Wildman–Crippen MR) is 63.8 cm³/mol. The van der Waals surface area contributed by atoms with E-state index >= 15 is 0 Å². The van der Waals surface area contributed by atoms with Gasteiger partial charge in [0, 0.05) is 24.4 Å². The Hall–Kier alpha value is -0.740. The van der Waals surface area contributed by atoms with Crippen LogP contribution in [0, 0.1) is 6.92 Å². The number of ether oxygens (including phenoxy) is 2. The molecule has 1 heterocycles. The molecule has 1 aromatic heterocycles. The van der Waals surface area contributed by atoms with Gasteiger partial charge < -0.3 is 9.47 Å². The number of methoxy groups -OCH3 is 2. The fourth-order valence-corrected chi connectivity index (χ4v) is 1.84. The molecule has 0 amide bonds. The highest BCUT2D eigenvalue weighted by Crippen LogP contribution is 2.26. The average Bonchev–Trinajstić information content (AvgIpc) is 2.23. The first-order valence-electron chi connectivity index (χ1n) is 4.85. The number of hydrogen-bond acceptors (Lipinski definition) is 4. The molecule has 0 saturated carbocycles. The summed E-state index contributed by atoms with van der Waals surface area (Å²) in [6.07, 6.45) is 2.72. The Morgan fingerprint density at radius 3 is 2.67 bits per heavy atom. The second-order valence-electron chi connectivity index (χ2n) is 3.29. The standard InChI is InChI=1S/C11H17NO2S/c1-8-11(14-3)10(4-5-15)9(6-12-8)7-13-2/h6,15H,4-5,7H2,1-3H3. The topological polar surface area (TPSA) is 31.4 Å². The third-order valence-corrected chi connectivity index (χ3v) is 2.49. The van der Waals surface area contributed by atoms with Crippen molar-refractivity contribution in [3.63, 3.8) is 0 Å². The van der Waals surface area contributed by atoms with Gasteiger partial charge in [-0.25, -0.2) is 0 Å². The van der Waals surface area contributed by atoms with Gasteiger partial charge in [-0.05, 0) is 19.1 Å². The fraction of sp³-hybridized carbons (Fsp3) is 0.545.